The molecule has 1 aliphatic rings. The van der Waals surface area contributed by atoms with Gasteiger partial charge in [-0.3, -0.25) is 14.5 Å². The van der Waals surface area contributed by atoms with Crippen LogP contribution in [0.4, 0.5) is 10.5 Å². The molecule has 0 atom stereocenters. The first-order valence-corrected chi connectivity index (χ1v) is 9.93. The number of benzene rings is 2. The van der Waals surface area contributed by atoms with E-state index in [4.69, 9.17) is 9.47 Å². The molecule has 2 N–H and O–H groups in total. The number of hydrogen-bond donors (Lipinski definition) is 2. The molecule has 0 saturated carbocycles. The largest absolute Gasteiger partial charge is 0.490 e. The number of para-hydroxylation sites is 1. The lowest BCUT2D eigenvalue weighted by Crippen LogP contribution is -2.25. The van der Waals surface area contributed by atoms with Crippen LogP contribution in [0, 0.1) is 0 Å². The maximum atomic E-state index is 12.2. The normalized spacial score (nSPS) is 14.6. The molecule has 4 amide bonds. The first-order valence-electron chi connectivity index (χ1n) is 9.13. The summed E-state index contributed by atoms with van der Waals surface area (Å²) in [5, 5.41) is 5.25. The number of nitrogens with one attached hydrogen (secondary N) is 2. The van der Waals surface area contributed by atoms with Gasteiger partial charge in [-0.2, -0.15) is 0 Å². The molecular weight excluding hydrogens is 454 g/mol. The van der Waals surface area contributed by atoms with Gasteiger partial charge in [0.05, 0.1) is 11.1 Å². The molecule has 0 aromatic heterocycles. The van der Waals surface area contributed by atoms with E-state index in [1.165, 1.54) is 7.05 Å². The Kier molecular flexibility index (Phi) is 6.73. The van der Waals surface area contributed by atoms with Crippen molar-refractivity contribution in [2.24, 2.45) is 0 Å². The topological polar surface area (TPSA) is 97.0 Å². The number of carbonyl (C=O) groups excluding carboxylic acids is 3. The Hall–Kier alpha value is -3.33. The summed E-state index contributed by atoms with van der Waals surface area (Å²) in [4.78, 5) is 36.9. The van der Waals surface area contributed by atoms with Crippen LogP contribution in [0.1, 0.15) is 12.5 Å². The number of halogens is 1. The predicted molar refractivity (Wildman–Crippen MR) is 115 cm³/mol. The van der Waals surface area contributed by atoms with E-state index in [0.717, 1.165) is 4.90 Å². The summed E-state index contributed by atoms with van der Waals surface area (Å²) in [6.07, 6.45) is 1.54. The van der Waals surface area contributed by atoms with E-state index in [0.29, 0.717) is 33.8 Å². The van der Waals surface area contributed by atoms with Gasteiger partial charge in [-0.25, -0.2) is 4.79 Å². The van der Waals surface area contributed by atoms with Gasteiger partial charge in [0.25, 0.3) is 11.8 Å². The zero-order chi connectivity index (χ0) is 21.7. The van der Waals surface area contributed by atoms with E-state index in [9.17, 15) is 14.4 Å². The maximum absolute atomic E-state index is 12.2. The number of ether oxygens (including phenoxy) is 2. The molecule has 2 aromatic rings. The van der Waals surface area contributed by atoms with Crippen molar-refractivity contribution in [3.8, 4) is 11.5 Å². The van der Waals surface area contributed by atoms with Crippen LogP contribution < -0.4 is 20.1 Å². The Labute approximate surface area is 182 Å². The number of amides is 4. The molecule has 1 fully saturated rings. The quantitative estimate of drug-likeness (QED) is 0.474. The van der Waals surface area contributed by atoms with E-state index in [1.807, 2.05) is 25.1 Å². The van der Waals surface area contributed by atoms with E-state index in [1.54, 1.807) is 30.3 Å². The first kappa shape index (κ1) is 21.4. The highest BCUT2D eigenvalue weighted by atomic mass is 79.9. The molecule has 30 heavy (non-hydrogen) atoms. The van der Waals surface area contributed by atoms with Crippen molar-refractivity contribution < 1.29 is 23.9 Å². The molecule has 2 aromatic carbocycles. The van der Waals surface area contributed by atoms with Gasteiger partial charge >= 0.3 is 6.03 Å². The molecular formula is C21H20BrN3O5. The standard InChI is InChI=1S/C21H20BrN3O5/c1-3-29-17-11-13(10-16-20(27)25(2)21(28)24-16)9-15(22)19(17)30-12-18(26)23-14-7-5-4-6-8-14/h4-11H,3,12H2,1-2H3,(H,23,26)(H,24,28)/b16-10+. The van der Waals surface area contributed by atoms with Crippen LogP contribution in [0.5, 0.6) is 11.5 Å². The second-order valence-electron chi connectivity index (χ2n) is 6.32. The van der Waals surface area contributed by atoms with Crippen LogP contribution in [0.15, 0.2) is 52.6 Å². The van der Waals surface area contributed by atoms with Gasteiger partial charge in [-0.05, 0) is 58.8 Å². The number of anilines is 1. The highest BCUT2D eigenvalue weighted by Crippen LogP contribution is 2.37. The third-order valence-corrected chi connectivity index (χ3v) is 4.72. The lowest BCUT2D eigenvalue weighted by molar-refractivity contribution is -0.122. The van der Waals surface area contributed by atoms with Gasteiger partial charge in [-0.15, -0.1) is 0 Å². The Balaban J connectivity index is 1.77. The molecule has 9 heteroatoms. The summed E-state index contributed by atoms with van der Waals surface area (Å²) < 4.78 is 11.9. The SMILES string of the molecule is CCOc1cc(/C=C2/NC(=O)N(C)C2=O)cc(Br)c1OCC(=O)Nc1ccccc1. The van der Waals surface area contributed by atoms with Gasteiger partial charge in [0.2, 0.25) is 0 Å². The summed E-state index contributed by atoms with van der Waals surface area (Å²) in [5.41, 5.74) is 1.45. The number of carbonyl (C=O) groups is 3. The third kappa shape index (κ3) is 4.98. The van der Waals surface area contributed by atoms with E-state index in [-0.39, 0.29) is 18.2 Å². The second-order valence-corrected chi connectivity index (χ2v) is 7.17. The zero-order valence-electron chi connectivity index (χ0n) is 16.4. The van der Waals surface area contributed by atoms with Crippen molar-refractivity contribution in [2.75, 3.05) is 25.6 Å². The fourth-order valence-corrected chi connectivity index (χ4v) is 3.29. The number of nitrogens with zero attached hydrogens (tertiary/aromatic N) is 1. The Bertz CT molecular complexity index is 1010. The molecule has 1 saturated heterocycles. The Morgan fingerprint density at radius 2 is 1.93 bits per heavy atom. The van der Waals surface area contributed by atoms with Crippen molar-refractivity contribution in [3.05, 3.63) is 58.2 Å². The van der Waals surface area contributed by atoms with Crippen molar-refractivity contribution in [3.63, 3.8) is 0 Å². The molecule has 0 spiro atoms. The summed E-state index contributed by atoms with van der Waals surface area (Å²) in [6.45, 7) is 1.98. The van der Waals surface area contributed by atoms with E-state index in [2.05, 4.69) is 26.6 Å². The smallest absolute Gasteiger partial charge is 0.328 e. The molecule has 0 bridgehead atoms. The van der Waals surface area contributed by atoms with Crippen LogP contribution in [0.25, 0.3) is 6.08 Å². The monoisotopic (exact) mass is 473 g/mol. The molecule has 1 aliphatic heterocycles. The number of hydrogen-bond acceptors (Lipinski definition) is 5. The minimum atomic E-state index is -0.486. The highest BCUT2D eigenvalue weighted by Gasteiger charge is 2.30. The molecule has 1 heterocycles. The summed E-state index contributed by atoms with van der Waals surface area (Å²) >= 11 is 3.42. The number of urea groups is 1. The van der Waals surface area contributed by atoms with E-state index < -0.39 is 11.9 Å². The van der Waals surface area contributed by atoms with Crippen molar-refractivity contribution in [1.82, 2.24) is 10.2 Å². The molecule has 156 valence electrons. The fraction of sp³-hybridized carbons (Fsp3) is 0.190. The van der Waals surface area contributed by atoms with Crippen LogP contribution in [0.3, 0.4) is 0 Å². The molecule has 0 radical (unpaired) electrons. The number of likely N-dealkylation sites (N-methyl/N-ethyl adjacent to an activating group) is 1. The Morgan fingerprint density at radius 1 is 1.20 bits per heavy atom. The number of imide groups is 1. The van der Waals surface area contributed by atoms with Crippen molar-refractivity contribution in [1.29, 1.82) is 0 Å². The fourth-order valence-electron chi connectivity index (χ4n) is 2.72. The minimum Gasteiger partial charge on any atom is -0.490 e. The van der Waals surface area contributed by atoms with Gasteiger partial charge in [0.1, 0.15) is 5.70 Å². The average Bonchev–Trinajstić information content (AvgIpc) is 2.95. The van der Waals surface area contributed by atoms with Gasteiger partial charge < -0.3 is 20.1 Å². The molecule has 0 aliphatic carbocycles. The lowest BCUT2D eigenvalue weighted by atomic mass is 10.1. The minimum absolute atomic E-state index is 0.160. The van der Waals surface area contributed by atoms with Crippen LogP contribution >= 0.6 is 15.9 Å². The summed E-state index contributed by atoms with van der Waals surface area (Å²) in [5.74, 6) is 0.0218. The van der Waals surface area contributed by atoms with E-state index >= 15 is 0 Å². The van der Waals surface area contributed by atoms with Crippen LogP contribution in [0.2, 0.25) is 0 Å². The third-order valence-electron chi connectivity index (χ3n) is 4.13. The predicted octanol–water partition coefficient (Wildman–Crippen LogP) is 3.39. The summed E-state index contributed by atoms with van der Waals surface area (Å²) in [6, 6.07) is 12.0. The first-order chi connectivity index (χ1) is 14.4. The van der Waals surface area contributed by atoms with Gasteiger partial charge in [-0.1, -0.05) is 18.2 Å². The Morgan fingerprint density at radius 3 is 2.57 bits per heavy atom. The zero-order valence-corrected chi connectivity index (χ0v) is 18.0. The molecule has 0 unspecified atom stereocenters. The van der Waals surface area contributed by atoms with Crippen molar-refractivity contribution in [2.45, 2.75) is 6.92 Å². The second kappa shape index (κ2) is 9.45. The average molecular weight is 474 g/mol. The number of rotatable bonds is 7. The lowest BCUT2D eigenvalue weighted by Gasteiger charge is -2.15. The van der Waals surface area contributed by atoms with Gasteiger partial charge in [0, 0.05) is 12.7 Å². The molecule has 3 rings (SSSR count). The maximum Gasteiger partial charge on any atom is 0.328 e. The van der Waals surface area contributed by atoms with Gasteiger partial charge in [0.15, 0.2) is 18.1 Å². The highest BCUT2D eigenvalue weighted by molar-refractivity contribution is 9.10. The van der Waals surface area contributed by atoms with Crippen LogP contribution in [-0.4, -0.2) is 43.0 Å². The van der Waals surface area contributed by atoms with Crippen molar-refractivity contribution >= 4 is 45.5 Å². The summed E-state index contributed by atoms with van der Waals surface area (Å²) in [7, 11) is 1.40. The van der Waals surface area contributed by atoms with Crippen LogP contribution in [-0.2, 0) is 9.59 Å². The molecule has 8 nitrogen and oxygen atoms in total.